The maximum Gasteiger partial charge on any atom is 0.192 e. The molecule has 1 aromatic carbocycles. The number of hydrogen-bond donors (Lipinski definition) is 1. The Morgan fingerprint density at radius 1 is 1.12 bits per heavy atom. The molecule has 0 aliphatic carbocycles. The summed E-state index contributed by atoms with van der Waals surface area (Å²) in [4.78, 5) is 14.3. The summed E-state index contributed by atoms with van der Waals surface area (Å²) in [5.41, 5.74) is -0.536. The van der Waals surface area contributed by atoms with Crippen molar-refractivity contribution in [3.63, 3.8) is 0 Å². The second kappa shape index (κ2) is 3.91. The zero-order valence-corrected chi connectivity index (χ0v) is 9.27. The van der Waals surface area contributed by atoms with Gasteiger partial charge in [-0.1, -0.05) is 13.8 Å². The summed E-state index contributed by atoms with van der Waals surface area (Å²) >= 11 is 0. The summed E-state index contributed by atoms with van der Waals surface area (Å²) in [6.07, 6.45) is 0. The third-order valence-electron chi connectivity index (χ3n) is 2.60. The van der Waals surface area contributed by atoms with Gasteiger partial charge in [-0.3, -0.25) is 4.79 Å². The molecular weight excluding hydrogens is 231 g/mol. The number of hydrogen-bond acceptors (Lipinski definition) is 1. The van der Waals surface area contributed by atoms with Gasteiger partial charge in [-0.15, -0.1) is 0 Å². The summed E-state index contributed by atoms with van der Waals surface area (Å²) < 4.78 is 39.9. The highest BCUT2D eigenvalue weighted by molar-refractivity contribution is 5.80. The van der Waals surface area contributed by atoms with Crippen molar-refractivity contribution in [2.45, 2.75) is 19.8 Å². The molecule has 0 saturated heterocycles. The molecule has 0 saturated carbocycles. The second-order valence-electron chi connectivity index (χ2n) is 4.15. The Morgan fingerprint density at radius 2 is 1.76 bits per heavy atom. The third-order valence-corrected chi connectivity index (χ3v) is 2.60. The minimum atomic E-state index is -1.36. The van der Waals surface area contributed by atoms with Gasteiger partial charge in [0.05, 0.1) is 10.9 Å². The van der Waals surface area contributed by atoms with Gasteiger partial charge >= 0.3 is 0 Å². The summed E-state index contributed by atoms with van der Waals surface area (Å²) in [6.45, 7) is 3.60. The van der Waals surface area contributed by atoms with Crippen molar-refractivity contribution in [2.75, 3.05) is 0 Å². The molecule has 90 valence electrons. The Morgan fingerprint density at radius 3 is 2.35 bits per heavy atom. The molecule has 0 aliphatic rings. The Kier molecular flexibility index (Phi) is 2.69. The number of nitrogens with one attached hydrogen (secondary N) is 1. The first-order chi connectivity index (χ1) is 7.91. The van der Waals surface area contributed by atoms with E-state index in [1.165, 1.54) is 0 Å². The first kappa shape index (κ1) is 11.7. The lowest BCUT2D eigenvalue weighted by Crippen LogP contribution is -2.10. The van der Waals surface area contributed by atoms with Crippen LogP contribution in [0.5, 0.6) is 0 Å². The van der Waals surface area contributed by atoms with E-state index >= 15 is 0 Å². The molecule has 5 heteroatoms. The van der Waals surface area contributed by atoms with Crippen molar-refractivity contribution in [3.05, 3.63) is 45.5 Å². The number of fused-ring (bicyclic) bond motifs is 1. The van der Waals surface area contributed by atoms with Gasteiger partial charge < -0.3 is 4.98 Å². The van der Waals surface area contributed by atoms with Crippen LogP contribution < -0.4 is 5.43 Å². The van der Waals surface area contributed by atoms with Gasteiger partial charge in [0.15, 0.2) is 22.9 Å². The lowest BCUT2D eigenvalue weighted by molar-refractivity contribution is 0.504. The van der Waals surface area contributed by atoms with Crippen molar-refractivity contribution in [1.29, 1.82) is 0 Å². The first-order valence-electron chi connectivity index (χ1n) is 5.12. The van der Waals surface area contributed by atoms with Gasteiger partial charge in [-0.2, -0.15) is 0 Å². The number of rotatable bonds is 1. The zero-order valence-electron chi connectivity index (χ0n) is 9.27. The highest BCUT2D eigenvalue weighted by Gasteiger charge is 2.16. The number of benzene rings is 1. The topological polar surface area (TPSA) is 32.9 Å². The fraction of sp³-hybridized carbons (Fsp3) is 0.250. The number of halogens is 3. The molecule has 0 amide bonds. The van der Waals surface area contributed by atoms with Gasteiger partial charge in [-0.05, 0) is 5.92 Å². The van der Waals surface area contributed by atoms with Gasteiger partial charge in [0.25, 0.3) is 0 Å². The van der Waals surface area contributed by atoms with E-state index in [2.05, 4.69) is 4.98 Å². The van der Waals surface area contributed by atoms with E-state index in [1.54, 1.807) is 13.8 Å². The van der Waals surface area contributed by atoms with E-state index in [4.69, 9.17) is 0 Å². The number of aromatic amines is 1. The molecule has 1 heterocycles. The highest BCUT2D eigenvalue weighted by atomic mass is 19.2. The lowest BCUT2D eigenvalue weighted by atomic mass is 10.1. The minimum absolute atomic E-state index is 0.0420. The van der Waals surface area contributed by atoms with Crippen LogP contribution in [0, 0.1) is 17.5 Å². The minimum Gasteiger partial charge on any atom is -0.355 e. The molecule has 0 bridgehead atoms. The molecule has 1 N–H and O–H groups in total. The summed E-state index contributed by atoms with van der Waals surface area (Å²) in [7, 11) is 0. The lowest BCUT2D eigenvalue weighted by Gasteiger charge is -2.08. The molecule has 0 spiro atoms. The van der Waals surface area contributed by atoms with Crippen LogP contribution in [0.15, 0.2) is 16.9 Å². The molecular formula is C12H10F3NO. The van der Waals surface area contributed by atoms with Crippen LogP contribution in [-0.4, -0.2) is 4.98 Å². The van der Waals surface area contributed by atoms with Crippen molar-refractivity contribution < 1.29 is 13.2 Å². The van der Waals surface area contributed by atoms with Crippen LogP contribution >= 0.6 is 0 Å². The molecule has 0 aliphatic heterocycles. The first-order valence-corrected chi connectivity index (χ1v) is 5.12. The maximum absolute atomic E-state index is 13.5. The van der Waals surface area contributed by atoms with Crippen molar-refractivity contribution in [1.82, 2.24) is 4.98 Å². The molecule has 0 radical (unpaired) electrons. The monoisotopic (exact) mass is 241 g/mol. The van der Waals surface area contributed by atoms with Crippen LogP contribution in [0.25, 0.3) is 10.9 Å². The number of H-pyrrole nitrogens is 1. The SMILES string of the molecule is CC(C)c1cc(=O)c2c(F)c(F)cc(F)c2[nH]1. The normalized spacial score (nSPS) is 11.4. The Labute approximate surface area is 95.1 Å². The van der Waals surface area contributed by atoms with E-state index < -0.39 is 28.3 Å². The standard InChI is InChI=1S/C12H10F3NO/c1-5(2)8-4-9(17)10-11(15)6(13)3-7(14)12(10)16-8/h3-5H,1-2H3,(H,16,17). The zero-order chi connectivity index (χ0) is 12.7. The van der Waals surface area contributed by atoms with E-state index in [9.17, 15) is 18.0 Å². The summed E-state index contributed by atoms with van der Waals surface area (Å²) in [6, 6.07) is 1.59. The highest BCUT2D eigenvalue weighted by Crippen LogP contribution is 2.21. The average molecular weight is 241 g/mol. The Bertz CT molecular complexity index is 646. The average Bonchev–Trinajstić information content (AvgIpc) is 2.25. The van der Waals surface area contributed by atoms with Gasteiger partial charge in [-0.25, -0.2) is 13.2 Å². The largest absolute Gasteiger partial charge is 0.355 e. The smallest absolute Gasteiger partial charge is 0.192 e. The quantitative estimate of drug-likeness (QED) is 0.765. The molecule has 2 nitrogen and oxygen atoms in total. The fourth-order valence-electron chi connectivity index (χ4n) is 1.65. The van der Waals surface area contributed by atoms with Gasteiger partial charge in [0, 0.05) is 17.8 Å². The molecule has 2 aromatic rings. The Hall–Kier alpha value is -1.78. The number of aromatic nitrogens is 1. The number of pyridine rings is 1. The predicted octanol–water partition coefficient (Wildman–Crippen LogP) is 3.07. The van der Waals surface area contributed by atoms with E-state index in [1.807, 2.05) is 0 Å². The summed E-state index contributed by atoms with van der Waals surface area (Å²) in [5.74, 6) is -3.70. The molecule has 17 heavy (non-hydrogen) atoms. The van der Waals surface area contributed by atoms with Crippen LogP contribution in [0.3, 0.4) is 0 Å². The maximum atomic E-state index is 13.5. The van der Waals surface area contributed by atoms with Gasteiger partial charge in [0.2, 0.25) is 0 Å². The molecule has 0 unspecified atom stereocenters. The van der Waals surface area contributed by atoms with Crippen molar-refractivity contribution in [3.8, 4) is 0 Å². The van der Waals surface area contributed by atoms with Crippen LogP contribution in [0.4, 0.5) is 13.2 Å². The van der Waals surface area contributed by atoms with Crippen LogP contribution in [-0.2, 0) is 0 Å². The molecule has 0 fully saturated rings. The predicted molar refractivity (Wildman–Crippen MR) is 58.5 cm³/mol. The van der Waals surface area contributed by atoms with E-state index in [0.717, 1.165) is 6.07 Å². The van der Waals surface area contributed by atoms with Crippen molar-refractivity contribution >= 4 is 10.9 Å². The van der Waals surface area contributed by atoms with Crippen molar-refractivity contribution in [2.24, 2.45) is 0 Å². The van der Waals surface area contributed by atoms with E-state index in [-0.39, 0.29) is 11.4 Å². The Balaban J connectivity index is 2.96. The summed E-state index contributed by atoms with van der Waals surface area (Å²) in [5, 5.41) is -0.577. The molecule has 2 rings (SSSR count). The fourth-order valence-corrected chi connectivity index (χ4v) is 1.65. The van der Waals surface area contributed by atoms with Crippen LogP contribution in [0.1, 0.15) is 25.5 Å². The van der Waals surface area contributed by atoms with E-state index in [0.29, 0.717) is 11.8 Å². The van der Waals surface area contributed by atoms with Crippen LogP contribution in [0.2, 0.25) is 0 Å². The van der Waals surface area contributed by atoms with Gasteiger partial charge in [0.1, 0.15) is 0 Å². The molecule has 0 atom stereocenters. The second-order valence-corrected chi connectivity index (χ2v) is 4.15. The third kappa shape index (κ3) is 1.81. The molecule has 1 aromatic heterocycles.